The SMILES string of the molecule is O=NC[C@@H]1OCN2c3ccc(NCCO)cc3OC[C@@H]12. The number of nitrogens with one attached hydrogen (secondary N) is 1. The van der Waals surface area contributed by atoms with Gasteiger partial charge in [-0.1, -0.05) is 5.18 Å². The topological polar surface area (TPSA) is 83.4 Å². The number of rotatable bonds is 5. The summed E-state index contributed by atoms with van der Waals surface area (Å²) in [4.78, 5) is 12.5. The molecule has 0 spiro atoms. The zero-order valence-corrected chi connectivity index (χ0v) is 11.0. The van der Waals surface area contributed by atoms with Gasteiger partial charge in [0, 0.05) is 18.3 Å². The van der Waals surface area contributed by atoms with E-state index in [9.17, 15) is 4.91 Å². The first-order valence-corrected chi connectivity index (χ1v) is 6.62. The molecule has 0 bridgehead atoms. The molecular weight excluding hydrogens is 262 g/mol. The van der Waals surface area contributed by atoms with Gasteiger partial charge in [-0.15, -0.1) is 0 Å². The maximum atomic E-state index is 10.4. The van der Waals surface area contributed by atoms with Crippen LogP contribution in [-0.2, 0) is 4.74 Å². The van der Waals surface area contributed by atoms with E-state index in [1.165, 1.54) is 0 Å². The second kappa shape index (κ2) is 5.64. The Kier molecular flexibility index (Phi) is 3.70. The quantitative estimate of drug-likeness (QED) is 0.775. The molecule has 2 aliphatic heterocycles. The summed E-state index contributed by atoms with van der Waals surface area (Å²) in [6.07, 6.45) is -0.201. The lowest BCUT2D eigenvalue weighted by Gasteiger charge is -2.33. The van der Waals surface area contributed by atoms with E-state index in [1.807, 2.05) is 18.2 Å². The highest BCUT2D eigenvalue weighted by molar-refractivity contribution is 5.67. The number of nitrogens with zero attached hydrogens (tertiary/aromatic N) is 2. The third kappa shape index (κ3) is 2.30. The summed E-state index contributed by atoms with van der Waals surface area (Å²) in [5.41, 5.74) is 1.87. The van der Waals surface area contributed by atoms with Crippen molar-refractivity contribution in [1.29, 1.82) is 0 Å². The number of anilines is 2. The van der Waals surface area contributed by atoms with Crippen LogP contribution in [0, 0.1) is 4.91 Å². The standard InChI is InChI=1S/C13H17N3O4/c17-4-3-14-9-1-2-10-12(5-9)19-7-11-13(6-15-18)20-8-16(10)11/h1-2,5,11,13-14,17H,3-4,6-8H2/t11-,13-/m0/s1. The van der Waals surface area contributed by atoms with E-state index in [-0.39, 0.29) is 25.3 Å². The maximum Gasteiger partial charge on any atom is 0.144 e. The number of aliphatic hydroxyl groups is 1. The summed E-state index contributed by atoms with van der Waals surface area (Å²) in [6, 6.07) is 5.84. The highest BCUT2D eigenvalue weighted by Gasteiger charge is 2.40. The Morgan fingerprint density at radius 2 is 2.40 bits per heavy atom. The van der Waals surface area contributed by atoms with Crippen LogP contribution in [0.15, 0.2) is 23.4 Å². The highest BCUT2D eigenvalue weighted by atomic mass is 16.5. The first-order chi connectivity index (χ1) is 9.83. The molecule has 2 aliphatic rings. The molecule has 2 heterocycles. The van der Waals surface area contributed by atoms with Gasteiger partial charge in [-0.25, -0.2) is 0 Å². The molecule has 1 saturated heterocycles. The second-order valence-corrected chi connectivity index (χ2v) is 4.83. The van der Waals surface area contributed by atoms with E-state index in [4.69, 9.17) is 14.6 Å². The van der Waals surface area contributed by atoms with Crippen LogP contribution in [0.25, 0.3) is 0 Å². The van der Waals surface area contributed by atoms with Crippen LogP contribution in [-0.4, -0.2) is 50.3 Å². The van der Waals surface area contributed by atoms with Gasteiger partial charge in [0.1, 0.15) is 31.7 Å². The first-order valence-electron chi connectivity index (χ1n) is 6.62. The zero-order chi connectivity index (χ0) is 13.9. The molecule has 1 fully saturated rings. The van der Waals surface area contributed by atoms with Gasteiger partial charge in [-0.05, 0) is 12.1 Å². The van der Waals surface area contributed by atoms with Gasteiger partial charge in [0.05, 0.1) is 18.3 Å². The molecule has 0 unspecified atom stereocenters. The number of hydrogen-bond acceptors (Lipinski definition) is 7. The molecule has 0 saturated carbocycles. The van der Waals surface area contributed by atoms with Gasteiger partial charge in [0.15, 0.2) is 0 Å². The Bertz CT molecular complexity index is 497. The summed E-state index contributed by atoms with van der Waals surface area (Å²) in [5, 5.41) is 14.8. The third-order valence-electron chi connectivity index (χ3n) is 3.63. The lowest BCUT2D eigenvalue weighted by Crippen LogP contribution is -2.44. The van der Waals surface area contributed by atoms with Crippen molar-refractivity contribution >= 4 is 11.4 Å². The van der Waals surface area contributed by atoms with Crippen molar-refractivity contribution in [1.82, 2.24) is 0 Å². The zero-order valence-electron chi connectivity index (χ0n) is 11.0. The summed E-state index contributed by atoms with van der Waals surface area (Å²) in [6.45, 7) is 1.67. The van der Waals surface area contributed by atoms with Crippen molar-refractivity contribution in [2.75, 3.05) is 43.3 Å². The van der Waals surface area contributed by atoms with Crippen LogP contribution in [0.5, 0.6) is 5.75 Å². The Hall–Kier alpha value is -1.86. The molecule has 1 aromatic carbocycles. The van der Waals surface area contributed by atoms with Crippen LogP contribution in [0.2, 0.25) is 0 Å². The summed E-state index contributed by atoms with van der Waals surface area (Å²) in [5.74, 6) is 0.785. The molecule has 0 aromatic heterocycles. The number of fused-ring (bicyclic) bond motifs is 3. The summed E-state index contributed by atoms with van der Waals surface area (Å²) in [7, 11) is 0. The molecule has 0 aliphatic carbocycles. The fourth-order valence-electron chi connectivity index (χ4n) is 2.63. The maximum absolute atomic E-state index is 10.4. The van der Waals surface area contributed by atoms with Gasteiger partial charge in [-0.2, -0.15) is 4.91 Å². The average molecular weight is 279 g/mol. The van der Waals surface area contributed by atoms with E-state index in [0.717, 1.165) is 17.1 Å². The van der Waals surface area contributed by atoms with E-state index in [2.05, 4.69) is 15.4 Å². The lowest BCUT2D eigenvalue weighted by molar-refractivity contribution is 0.101. The van der Waals surface area contributed by atoms with Crippen LogP contribution >= 0.6 is 0 Å². The summed E-state index contributed by atoms with van der Waals surface area (Å²) >= 11 is 0. The van der Waals surface area contributed by atoms with E-state index in [0.29, 0.717) is 19.9 Å². The molecule has 7 heteroatoms. The van der Waals surface area contributed by atoms with Crippen LogP contribution < -0.4 is 15.0 Å². The molecular formula is C13H17N3O4. The third-order valence-corrected chi connectivity index (χ3v) is 3.63. The number of benzene rings is 1. The van der Waals surface area contributed by atoms with Crippen molar-refractivity contribution in [3.8, 4) is 5.75 Å². The Labute approximate surface area is 116 Å². The van der Waals surface area contributed by atoms with Gasteiger partial charge in [0.25, 0.3) is 0 Å². The largest absolute Gasteiger partial charge is 0.489 e. The molecule has 2 N–H and O–H groups in total. The molecule has 0 radical (unpaired) electrons. The van der Waals surface area contributed by atoms with Crippen LogP contribution in [0.4, 0.5) is 11.4 Å². The number of aliphatic hydroxyl groups excluding tert-OH is 1. The molecule has 20 heavy (non-hydrogen) atoms. The Morgan fingerprint density at radius 3 is 3.20 bits per heavy atom. The molecule has 1 aromatic rings. The van der Waals surface area contributed by atoms with Crippen molar-refractivity contribution in [3.05, 3.63) is 23.1 Å². The fraction of sp³-hybridized carbons (Fsp3) is 0.538. The number of nitroso groups, excluding NO2 is 1. The molecule has 2 atom stereocenters. The van der Waals surface area contributed by atoms with Crippen molar-refractivity contribution in [2.45, 2.75) is 12.1 Å². The smallest absolute Gasteiger partial charge is 0.144 e. The van der Waals surface area contributed by atoms with Crippen molar-refractivity contribution in [3.63, 3.8) is 0 Å². The minimum atomic E-state index is -0.201. The minimum absolute atomic E-state index is 0.0384. The fourth-order valence-corrected chi connectivity index (χ4v) is 2.63. The molecule has 3 rings (SSSR count). The lowest BCUT2D eigenvalue weighted by atomic mass is 10.1. The van der Waals surface area contributed by atoms with Crippen molar-refractivity contribution in [2.24, 2.45) is 5.18 Å². The predicted molar refractivity (Wildman–Crippen MR) is 74.2 cm³/mol. The van der Waals surface area contributed by atoms with Crippen LogP contribution in [0.3, 0.4) is 0 Å². The van der Waals surface area contributed by atoms with E-state index >= 15 is 0 Å². The van der Waals surface area contributed by atoms with E-state index < -0.39 is 0 Å². The van der Waals surface area contributed by atoms with Gasteiger partial charge in [-0.3, -0.25) is 0 Å². The average Bonchev–Trinajstić information content (AvgIpc) is 2.89. The number of hydrogen-bond donors (Lipinski definition) is 2. The van der Waals surface area contributed by atoms with Gasteiger partial charge < -0.3 is 24.8 Å². The molecule has 0 amide bonds. The molecule has 7 nitrogen and oxygen atoms in total. The summed E-state index contributed by atoms with van der Waals surface area (Å²) < 4.78 is 11.4. The molecule has 108 valence electrons. The van der Waals surface area contributed by atoms with E-state index in [1.54, 1.807) is 0 Å². The van der Waals surface area contributed by atoms with Gasteiger partial charge in [0.2, 0.25) is 0 Å². The Balaban J connectivity index is 1.79. The first kappa shape index (κ1) is 13.1. The monoisotopic (exact) mass is 279 g/mol. The Morgan fingerprint density at radius 1 is 1.50 bits per heavy atom. The van der Waals surface area contributed by atoms with Gasteiger partial charge >= 0.3 is 0 Å². The normalized spacial score (nSPS) is 23.8. The predicted octanol–water partition coefficient (Wildman–Crippen LogP) is 0.781. The number of ether oxygens (including phenoxy) is 2. The minimum Gasteiger partial charge on any atom is -0.489 e. The second-order valence-electron chi connectivity index (χ2n) is 4.83. The van der Waals surface area contributed by atoms with Crippen LogP contribution in [0.1, 0.15) is 0 Å². The van der Waals surface area contributed by atoms with Crippen molar-refractivity contribution < 1.29 is 14.6 Å². The highest BCUT2D eigenvalue weighted by Crippen LogP contribution is 2.39.